The Morgan fingerprint density at radius 2 is 1.54 bits per heavy atom. The minimum Gasteiger partial charge on any atom is -0.241 e. The molecule has 0 amide bonds. The molecule has 2 fully saturated rings. The fourth-order valence-corrected chi connectivity index (χ4v) is 5.35. The quantitative estimate of drug-likeness (QED) is 0.468. The molecule has 2 heteroatoms. The van der Waals surface area contributed by atoms with Crippen LogP contribution in [0.2, 0.25) is 0 Å². The summed E-state index contributed by atoms with van der Waals surface area (Å²) in [4.78, 5) is 9.95. The molecule has 0 atom stereocenters. The summed E-state index contributed by atoms with van der Waals surface area (Å²) in [6.07, 6.45) is 22.4. The van der Waals surface area contributed by atoms with Gasteiger partial charge in [0.05, 0.1) is 0 Å². The molecule has 2 aliphatic carbocycles. The lowest BCUT2D eigenvalue weighted by Crippen LogP contribution is -2.24. The highest BCUT2D eigenvalue weighted by molar-refractivity contribution is 5.19. The van der Waals surface area contributed by atoms with E-state index >= 15 is 0 Å². The summed E-state index contributed by atoms with van der Waals surface area (Å²) in [6.45, 7) is 4.54. The van der Waals surface area contributed by atoms with Crippen molar-refractivity contribution in [1.29, 1.82) is 0 Å². The molecule has 3 rings (SSSR count). The van der Waals surface area contributed by atoms with Crippen LogP contribution >= 0.6 is 0 Å². The van der Waals surface area contributed by atoms with Gasteiger partial charge in [-0.3, -0.25) is 0 Å². The van der Waals surface area contributed by atoms with Gasteiger partial charge in [0.1, 0.15) is 5.82 Å². The Hall–Kier alpha value is -0.920. The summed E-state index contributed by atoms with van der Waals surface area (Å²) in [6, 6.07) is 0. The predicted octanol–water partition coefficient (Wildman–Crippen LogP) is 7.02. The smallest absolute Gasteiger partial charge is 0.131 e. The van der Waals surface area contributed by atoms with Crippen molar-refractivity contribution in [2.45, 2.75) is 116 Å². The van der Waals surface area contributed by atoms with E-state index in [1.54, 1.807) is 0 Å². The zero-order chi connectivity index (χ0) is 18.2. The third-order valence-electron chi connectivity index (χ3n) is 6.96. The third kappa shape index (κ3) is 5.30. The molecular formula is C24H40N2. The first-order valence-corrected chi connectivity index (χ1v) is 11.7. The maximum Gasteiger partial charge on any atom is 0.131 e. The lowest BCUT2D eigenvalue weighted by Gasteiger charge is -2.35. The van der Waals surface area contributed by atoms with Crippen LogP contribution in [0.5, 0.6) is 0 Å². The minimum atomic E-state index is 0.621. The van der Waals surface area contributed by atoms with Crippen LogP contribution in [0.3, 0.4) is 0 Å². The molecule has 0 spiro atoms. The maximum atomic E-state index is 5.11. The van der Waals surface area contributed by atoms with Crippen molar-refractivity contribution < 1.29 is 0 Å². The van der Waals surface area contributed by atoms with Gasteiger partial charge in [-0.15, -0.1) is 0 Å². The first kappa shape index (κ1) is 19.8. The Labute approximate surface area is 161 Å². The van der Waals surface area contributed by atoms with Gasteiger partial charge in [-0.1, -0.05) is 65.2 Å². The number of unbranched alkanes of at least 4 members (excludes halogenated alkanes) is 2. The lowest BCUT2D eigenvalue weighted by molar-refractivity contribution is 0.184. The fourth-order valence-electron chi connectivity index (χ4n) is 5.35. The summed E-state index contributed by atoms with van der Waals surface area (Å²) in [7, 11) is 0. The average molecular weight is 357 g/mol. The van der Waals surface area contributed by atoms with Crippen molar-refractivity contribution in [3.05, 3.63) is 23.3 Å². The van der Waals surface area contributed by atoms with E-state index in [1.807, 2.05) is 0 Å². The first-order chi connectivity index (χ1) is 12.8. The Balaban J connectivity index is 1.60. The van der Waals surface area contributed by atoms with Gasteiger partial charge in [-0.25, -0.2) is 9.97 Å². The van der Waals surface area contributed by atoms with E-state index in [2.05, 4.69) is 20.0 Å². The summed E-state index contributed by atoms with van der Waals surface area (Å²) in [5, 5.41) is 0. The van der Waals surface area contributed by atoms with E-state index in [-0.39, 0.29) is 0 Å². The van der Waals surface area contributed by atoms with Gasteiger partial charge in [0.25, 0.3) is 0 Å². The molecule has 0 aromatic carbocycles. The van der Waals surface area contributed by atoms with E-state index in [0.29, 0.717) is 5.92 Å². The third-order valence-corrected chi connectivity index (χ3v) is 6.96. The van der Waals surface area contributed by atoms with Crippen molar-refractivity contribution in [1.82, 2.24) is 9.97 Å². The molecule has 1 heterocycles. The van der Waals surface area contributed by atoms with Crippen molar-refractivity contribution in [2.24, 2.45) is 11.8 Å². The van der Waals surface area contributed by atoms with Crippen molar-refractivity contribution in [3.8, 4) is 0 Å². The van der Waals surface area contributed by atoms with Crippen LogP contribution in [0.1, 0.15) is 120 Å². The van der Waals surface area contributed by atoms with Crippen LogP contribution in [0.4, 0.5) is 0 Å². The standard InChI is InChI=1S/C24H40N2/c1-3-5-7-13-23-22(10-4-2)18-25-24(26-23)21-16-14-20(15-17-21)19-11-8-6-9-12-19/h18-21H,3-17H2,1-2H3. The lowest BCUT2D eigenvalue weighted by atomic mass is 9.71. The molecule has 1 aromatic heterocycles. The number of nitrogens with zero attached hydrogens (tertiary/aromatic N) is 2. The molecule has 2 nitrogen and oxygen atoms in total. The number of aromatic nitrogens is 2. The second kappa shape index (κ2) is 10.4. The van der Waals surface area contributed by atoms with Crippen LogP contribution in [-0.2, 0) is 12.8 Å². The fraction of sp³-hybridized carbons (Fsp3) is 0.833. The van der Waals surface area contributed by atoms with Gasteiger partial charge in [0.15, 0.2) is 0 Å². The van der Waals surface area contributed by atoms with Crippen molar-refractivity contribution >= 4 is 0 Å². The normalized spacial score (nSPS) is 24.7. The van der Waals surface area contributed by atoms with Gasteiger partial charge in [0, 0.05) is 17.8 Å². The van der Waals surface area contributed by atoms with E-state index in [9.17, 15) is 0 Å². The van der Waals surface area contributed by atoms with Crippen molar-refractivity contribution in [3.63, 3.8) is 0 Å². The number of hydrogen-bond donors (Lipinski definition) is 0. The number of hydrogen-bond acceptors (Lipinski definition) is 2. The second-order valence-corrected chi connectivity index (χ2v) is 8.92. The molecule has 26 heavy (non-hydrogen) atoms. The van der Waals surface area contributed by atoms with Crippen LogP contribution in [0.25, 0.3) is 0 Å². The van der Waals surface area contributed by atoms with E-state index < -0.39 is 0 Å². The molecule has 0 bridgehead atoms. The minimum absolute atomic E-state index is 0.621. The zero-order valence-electron chi connectivity index (χ0n) is 17.3. The summed E-state index contributed by atoms with van der Waals surface area (Å²) in [5.41, 5.74) is 2.77. The highest BCUT2D eigenvalue weighted by atomic mass is 14.9. The van der Waals surface area contributed by atoms with Crippen molar-refractivity contribution in [2.75, 3.05) is 0 Å². The highest BCUT2D eigenvalue weighted by Crippen LogP contribution is 2.42. The van der Waals surface area contributed by atoms with E-state index in [0.717, 1.165) is 24.7 Å². The molecule has 1 aromatic rings. The second-order valence-electron chi connectivity index (χ2n) is 8.92. The molecule has 2 aliphatic rings. The molecule has 0 aliphatic heterocycles. The van der Waals surface area contributed by atoms with Gasteiger partial charge in [0.2, 0.25) is 0 Å². The Morgan fingerprint density at radius 3 is 2.23 bits per heavy atom. The van der Waals surface area contributed by atoms with Gasteiger partial charge < -0.3 is 0 Å². The zero-order valence-corrected chi connectivity index (χ0v) is 17.3. The maximum absolute atomic E-state index is 5.11. The average Bonchev–Trinajstić information content (AvgIpc) is 2.70. The Kier molecular flexibility index (Phi) is 7.95. The molecule has 0 unspecified atom stereocenters. The van der Waals surface area contributed by atoms with E-state index in [4.69, 9.17) is 9.97 Å². The molecular weight excluding hydrogens is 316 g/mol. The molecule has 0 saturated heterocycles. The number of rotatable bonds is 8. The van der Waals surface area contributed by atoms with Crippen LogP contribution < -0.4 is 0 Å². The molecule has 146 valence electrons. The largest absolute Gasteiger partial charge is 0.241 e. The number of aryl methyl sites for hydroxylation is 2. The Bertz CT molecular complexity index is 525. The highest BCUT2D eigenvalue weighted by Gasteiger charge is 2.30. The molecule has 0 radical (unpaired) electrons. The van der Waals surface area contributed by atoms with Gasteiger partial charge in [-0.05, 0) is 62.3 Å². The van der Waals surface area contributed by atoms with Crippen LogP contribution in [-0.4, -0.2) is 9.97 Å². The van der Waals surface area contributed by atoms with E-state index in [1.165, 1.54) is 101 Å². The van der Waals surface area contributed by atoms with Gasteiger partial charge in [-0.2, -0.15) is 0 Å². The Morgan fingerprint density at radius 1 is 0.808 bits per heavy atom. The summed E-state index contributed by atoms with van der Waals surface area (Å²) >= 11 is 0. The first-order valence-electron chi connectivity index (χ1n) is 11.7. The molecule has 2 saturated carbocycles. The predicted molar refractivity (Wildman–Crippen MR) is 111 cm³/mol. The van der Waals surface area contributed by atoms with Crippen LogP contribution in [0.15, 0.2) is 6.20 Å². The van der Waals surface area contributed by atoms with Gasteiger partial charge >= 0.3 is 0 Å². The molecule has 0 N–H and O–H groups in total. The van der Waals surface area contributed by atoms with Crippen LogP contribution in [0, 0.1) is 11.8 Å². The topological polar surface area (TPSA) is 25.8 Å². The summed E-state index contributed by atoms with van der Waals surface area (Å²) in [5.74, 6) is 3.81. The monoisotopic (exact) mass is 356 g/mol. The SMILES string of the molecule is CCCCCc1nc(C2CCC(C3CCCCC3)CC2)ncc1CCC. The summed E-state index contributed by atoms with van der Waals surface area (Å²) < 4.78 is 0.